The molecule has 0 aromatic heterocycles. The standard InChI is InChI=1S/C14H19N3O2S/c1-2-13(12-15)16-8-10-17(11-9-16)20(18,19)14-6-4-3-5-7-14/h3-7,13H,2,8-11H2,1H3. The van der Waals surface area contributed by atoms with Crippen molar-refractivity contribution in [3.05, 3.63) is 30.3 Å². The van der Waals surface area contributed by atoms with E-state index in [1.165, 1.54) is 4.31 Å². The van der Waals surface area contributed by atoms with Gasteiger partial charge in [0.2, 0.25) is 10.0 Å². The number of sulfonamides is 1. The molecule has 1 unspecified atom stereocenters. The monoisotopic (exact) mass is 293 g/mol. The Morgan fingerprint density at radius 1 is 1.20 bits per heavy atom. The number of benzene rings is 1. The van der Waals surface area contributed by atoms with Crippen LogP contribution in [-0.4, -0.2) is 49.8 Å². The highest BCUT2D eigenvalue weighted by Gasteiger charge is 2.30. The van der Waals surface area contributed by atoms with Crippen LogP contribution in [0.2, 0.25) is 0 Å². The summed E-state index contributed by atoms with van der Waals surface area (Å²) >= 11 is 0. The quantitative estimate of drug-likeness (QED) is 0.839. The first-order valence-electron chi connectivity index (χ1n) is 6.78. The SMILES string of the molecule is CCC(C#N)N1CCN(S(=O)(=O)c2ccccc2)CC1. The summed E-state index contributed by atoms with van der Waals surface area (Å²) in [6, 6.07) is 10.6. The summed E-state index contributed by atoms with van der Waals surface area (Å²) in [5.41, 5.74) is 0. The normalized spacial score (nSPS) is 19.4. The Balaban J connectivity index is 2.06. The number of piperazine rings is 1. The van der Waals surface area contributed by atoms with Crippen LogP contribution in [0.15, 0.2) is 35.2 Å². The van der Waals surface area contributed by atoms with Gasteiger partial charge < -0.3 is 0 Å². The van der Waals surface area contributed by atoms with Crippen molar-refractivity contribution < 1.29 is 8.42 Å². The van der Waals surface area contributed by atoms with Gasteiger partial charge in [0, 0.05) is 26.2 Å². The minimum atomic E-state index is -3.40. The van der Waals surface area contributed by atoms with Crippen molar-refractivity contribution in [2.45, 2.75) is 24.3 Å². The van der Waals surface area contributed by atoms with Gasteiger partial charge in [-0.15, -0.1) is 0 Å². The summed E-state index contributed by atoms with van der Waals surface area (Å²) in [5.74, 6) is 0. The summed E-state index contributed by atoms with van der Waals surface area (Å²) in [7, 11) is -3.40. The molecule has 20 heavy (non-hydrogen) atoms. The summed E-state index contributed by atoms with van der Waals surface area (Å²) < 4.78 is 26.4. The van der Waals surface area contributed by atoms with Crippen LogP contribution >= 0.6 is 0 Å². The van der Waals surface area contributed by atoms with E-state index in [0.29, 0.717) is 31.1 Å². The molecule has 1 saturated heterocycles. The van der Waals surface area contributed by atoms with Crippen molar-refractivity contribution in [1.82, 2.24) is 9.21 Å². The molecule has 1 aromatic carbocycles. The van der Waals surface area contributed by atoms with Crippen molar-refractivity contribution in [2.75, 3.05) is 26.2 Å². The van der Waals surface area contributed by atoms with Crippen molar-refractivity contribution >= 4 is 10.0 Å². The van der Waals surface area contributed by atoms with Crippen LogP contribution in [0.5, 0.6) is 0 Å². The fraction of sp³-hybridized carbons (Fsp3) is 0.500. The Kier molecular flexibility index (Phi) is 4.76. The van der Waals surface area contributed by atoms with E-state index in [2.05, 4.69) is 11.0 Å². The highest BCUT2D eigenvalue weighted by Crippen LogP contribution is 2.18. The predicted octanol–water partition coefficient (Wildman–Crippen LogP) is 1.30. The van der Waals surface area contributed by atoms with Gasteiger partial charge >= 0.3 is 0 Å². The molecular weight excluding hydrogens is 274 g/mol. The zero-order chi connectivity index (χ0) is 14.6. The maximum Gasteiger partial charge on any atom is 0.243 e. The van der Waals surface area contributed by atoms with Gasteiger partial charge in [-0.1, -0.05) is 25.1 Å². The molecule has 2 rings (SSSR count). The smallest absolute Gasteiger partial charge is 0.243 e. The Hall–Kier alpha value is -1.42. The summed E-state index contributed by atoms with van der Waals surface area (Å²) in [5, 5.41) is 9.06. The van der Waals surface area contributed by atoms with E-state index < -0.39 is 10.0 Å². The topological polar surface area (TPSA) is 64.4 Å². The molecule has 0 spiro atoms. The summed E-state index contributed by atoms with van der Waals surface area (Å²) in [6.45, 7) is 4.07. The molecule has 1 atom stereocenters. The minimum Gasteiger partial charge on any atom is -0.285 e. The molecular formula is C14H19N3O2S. The van der Waals surface area contributed by atoms with Crippen LogP contribution in [0.25, 0.3) is 0 Å². The zero-order valence-corrected chi connectivity index (χ0v) is 12.4. The van der Waals surface area contributed by atoms with E-state index in [9.17, 15) is 8.42 Å². The Bertz CT molecular complexity index is 572. The van der Waals surface area contributed by atoms with Crippen LogP contribution in [-0.2, 0) is 10.0 Å². The van der Waals surface area contributed by atoms with Gasteiger partial charge in [-0.25, -0.2) is 8.42 Å². The van der Waals surface area contributed by atoms with Gasteiger partial charge in [-0.2, -0.15) is 9.57 Å². The third-order valence-corrected chi connectivity index (χ3v) is 5.54. The van der Waals surface area contributed by atoms with E-state index in [0.717, 1.165) is 6.42 Å². The van der Waals surface area contributed by atoms with Crippen LogP contribution in [0, 0.1) is 11.3 Å². The maximum atomic E-state index is 12.4. The van der Waals surface area contributed by atoms with Gasteiger partial charge in [-0.3, -0.25) is 4.90 Å². The first kappa shape index (κ1) is 15.0. The third-order valence-electron chi connectivity index (χ3n) is 3.63. The lowest BCUT2D eigenvalue weighted by molar-refractivity contribution is 0.159. The fourth-order valence-electron chi connectivity index (χ4n) is 2.43. The third kappa shape index (κ3) is 3.01. The molecule has 0 bridgehead atoms. The Labute approximate surface area is 120 Å². The molecule has 1 heterocycles. The second kappa shape index (κ2) is 6.35. The molecule has 0 radical (unpaired) electrons. The average molecular weight is 293 g/mol. The molecule has 6 heteroatoms. The Morgan fingerprint density at radius 2 is 1.80 bits per heavy atom. The highest BCUT2D eigenvalue weighted by atomic mass is 32.2. The van der Waals surface area contributed by atoms with Gasteiger partial charge in [0.1, 0.15) is 0 Å². The van der Waals surface area contributed by atoms with Gasteiger partial charge in [0.05, 0.1) is 17.0 Å². The molecule has 0 aliphatic carbocycles. The average Bonchev–Trinajstić information content (AvgIpc) is 2.50. The van der Waals surface area contributed by atoms with Crippen molar-refractivity contribution in [1.29, 1.82) is 5.26 Å². The summed E-state index contributed by atoms with van der Waals surface area (Å²) in [4.78, 5) is 2.39. The molecule has 1 aliphatic heterocycles. The van der Waals surface area contributed by atoms with Gasteiger partial charge in [0.25, 0.3) is 0 Å². The number of rotatable bonds is 4. The van der Waals surface area contributed by atoms with Crippen molar-refractivity contribution in [3.63, 3.8) is 0 Å². The lowest BCUT2D eigenvalue weighted by Gasteiger charge is -2.35. The lowest BCUT2D eigenvalue weighted by Crippen LogP contribution is -2.51. The van der Waals surface area contributed by atoms with Crippen LogP contribution in [0.4, 0.5) is 0 Å². The Morgan fingerprint density at radius 3 is 2.30 bits per heavy atom. The molecule has 5 nitrogen and oxygen atoms in total. The molecule has 0 amide bonds. The van der Waals surface area contributed by atoms with Crippen LogP contribution < -0.4 is 0 Å². The second-order valence-corrected chi connectivity index (χ2v) is 6.74. The van der Waals surface area contributed by atoms with E-state index in [1.54, 1.807) is 30.3 Å². The zero-order valence-electron chi connectivity index (χ0n) is 11.6. The number of nitrogens with zero attached hydrogens (tertiary/aromatic N) is 3. The van der Waals surface area contributed by atoms with Crippen molar-refractivity contribution in [2.24, 2.45) is 0 Å². The minimum absolute atomic E-state index is 0.114. The maximum absolute atomic E-state index is 12.4. The van der Waals surface area contributed by atoms with E-state index in [1.807, 2.05) is 6.92 Å². The van der Waals surface area contributed by atoms with E-state index in [4.69, 9.17) is 5.26 Å². The largest absolute Gasteiger partial charge is 0.285 e. The lowest BCUT2D eigenvalue weighted by atomic mass is 10.2. The number of nitriles is 1. The first-order chi connectivity index (χ1) is 9.59. The second-order valence-electron chi connectivity index (χ2n) is 4.81. The molecule has 0 saturated carbocycles. The molecule has 0 N–H and O–H groups in total. The number of hydrogen-bond donors (Lipinski definition) is 0. The van der Waals surface area contributed by atoms with Crippen LogP contribution in [0.1, 0.15) is 13.3 Å². The van der Waals surface area contributed by atoms with E-state index >= 15 is 0 Å². The van der Waals surface area contributed by atoms with Gasteiger partial charge in [0.15, 0.2) is 0 Å². The molecule has 1 fully saturated rings. The van der Waals surface area contributed by atoms with Crippen LogP contribution in [0.3, 0.4) is 0 Å². The summed E-state index contributed by atoms with van der Waals surface area (Å²) in [6.07, 6.45) is 0.766. The molecule has 1 aromatic rings. The molecule has 1 aliphatic rings. The predicted molar refractivity (Wildman–Crippen MR) is 76.5 cm³/mol. The first-order valence-corrected chi connectivity index (χ1v) is 8.22. The van der Waals surface area contributed by atoms with Gasteiger partial charge in [-0.05, 0) is 18.6 Å². The fourth-order valence-corrected chi connectivity index (χ4v) is 3.87. The van der Waals surface area contributed by atoms with E-state index in [-0.39, 0.29) is 6.04 Å². The number of hydrogen-bond acceptors (Lipinski definition) is 4. The highest BCUT2D eigenvalue weighted by molar-refractivity contribution is 7.89. The molecule has 108 valence electrons. The van der Waals surface area contributed by atoms with Crippen molar-refractivity contribution in [3.8, 4) is 6.07 Å².